The van der Waals surface area contributed by atoms with Crippen LogP contribution in [0.2, 0.25) is 0 Å². The standard InChI is InChI=1S/C18H19F2NO2/c1-12(2)11-23-17-7-4-13(8-18(17)22-3)10-21-16-9-14(19)5-6-15(16)20/h4-10,12H,11H2,1-3H3. The van der Waals surface area contributed by atoms with Gasteiger partial charge in [-0.15, -0.1) is 0 Å². The van der Waals surface area contributed by atoms with Gasteiger partial charge in [-0.2, -0.15) is 0 Å². The first kappa shape index (κ1) is 16.9. The van der Waals surface area contributed by atoms with Crippen LogP contribution in [0.4, 0.5) is 14.5 Å². The van der Waals surface area contributed by atoms with Crippen molar-refractivity contribution in [3.05, 3.63) is 53.6 Å². The molecule has 0 aliphatic carbocycles. The molecule has 5 heteroatoms. The molecular formula is C18H19F2NO2. The first-order chi connectivity index (χ1) is 11.0. The number of benzene rings is 2. The van der Waals surface area contributed by atoms with E-state index in [0.29, 0.717) is 29.6 Å². The van der Waals surface area contributed by atoms with Crippen LogP contribution in [0.15, 0.2) is 41.4 Å². The van der Waals surface area contributed by atoms with Crippen molar-refractivity contribution in [3.8, 4) is 11.5 Å². The molecule has 0 atom stereocenters. The lowest BCUT2D eigenvalue weighted by Crippen LogP contribution is -2.05. The zero-order valence-electron chi connectivity index (χ0n) is 13.3. The number of hydrogen-bond acceptors (Lipinski definition) is 3. The van der Waals surface area contributed by atoms with Crippen molar-refractivity contribution in [1.29, 1.82) is 0 Å². The average molecular weight is 319 g/mol. The molecule has 2 rings (SSSR count). The number of halogens is 2. The fourth-order valence-corrected chi connectivity index (χ4v) is 1.87. The lowest BCUT2D eigenvalue weighted by Gasteiger charge is -2.12. The molecule has 0 bridgehead atoms. The molecule has 0 unspecified atom stereocenters. The largest absolute Gasteiger partial charge is 0.493 e. The Labute approximate surface area is 134 Å². The van der Waals surface area contributed by atoms with Crippen molar-refractivity contribution >= 4 is 11.9 Å². The summed E-state index contributed by atoms with van der Waals surface area (Å²) in [6.45, 7) is 4.69. The van der Waals surface area contributed by atoms with Gasteiger partial charge >= 0.3 is 0 Å². The Balaban J connectivity index is 2.20. The normalized spacial score (nSPS) is 11.2. The maximum atomic E-state index is 13.5. The van der Waals surface area contributed by atoms with Crippen molar-refractivity contribution < 1.29 is 18.3 Å². The Morgan fingerprint density at radius 3 is 2.57 bits per heavy atom. The summed E-state index contributed by atoms with van der Waals surface area (Å²) < 4.78 is 37.6. The fourth-order valence-electron chi connectivity index (χ4n) is 1.87. The maximum absolute atomic E-state index is 13.5. The lowest BCUT2D eigenvalue weighted by molar-refractivity contribution is 0.257. The van der Waals surface area contributed by atoms with E-state index < -0.39 is 11.6 Å². The van der Waals surface area contributed by atoms with Gasteiger partial charge in [-0.3, -0.25) is 4.99 Å². The van der Waals surface area contributed by atoms with Gasteiger partial charge in [0.25, 0.3) is 0 Å². The van der Waals surface area contributed by atoms with E-state index in [0.717, 1.165) is 18.2 Å². The third-order valence-electron chi connectivity index (χ3n) is 3.02. The predicted molar refractivity (Wildman–Crippen MR) is 86.9 cm³/mol. The summed E-state index contributed by atoms with van der Waals surface area (Å²) in [6, 6.07) is 8.42. The fraction of sp³-hybridized carbons (Fsp3) is 0.278. The van der Waals surface area contributed by atoms with E-state index in [1.165, 1.54) is 6.21 Å². The second kappa shape index (κ2) is 7.72. The molecular weight excluding hydrogens is 300 g/mol. The SMILES string of the molecule is COc1cc(C=Nc2cc(F)ccc2F)ccc1OCC(C)C. The summed E-state index contributed by atoms with van der Waals surface area (Å²) in [4.78, 5) is 3.98. The number of nitrogens with zero attached hydrogens (tertiary/aromatic N) is 1. The van der Waals surface area contributed by atoms with Gasteiger partial charge in [-0.1, -0.05) is 13.8 Å². The van der Waals surface area contributed by atoms with Gasteiger partial charge in [0.1, 0.15) is 17.3 Å². The van der Waals surface area contributed by atoms with Crippen LogP contribution in [0.3, 0.4) is 0 Å². The smallest absolute Gasteiger partial charge is 0.161 e. The second-order valence-corrected chi connectivity index (χ2v) is 5.47. The summed E-state index contributed by atoms with van der Waals surface area (Å²) in [5, 5.41) is 0. The minimum Gasteiger partial charge on any atom is -0.493 e. The third kappa shape index (κ3) is 4.77. The minimum atomic E-state index is -0.577. The van der Waals surface area contributed by atoms with E-state index in [4.69, 9.17) is 9.47 Å². The highest BCUT2D eigenvalue weighted by Gasteiger charge is 2.07. The third-order valence-corrected chi connectivity index (χ3v) is 3.02. The molecule has 0 aliphatic rings. The van der Waals surface area contributed by atoms with Crippen LogP contribution in [-0.2, 0) is 0 Å². The van der Waals surface area contributed by atoms with E-state index in [1.54, 1.807) is 25.3 Å². The van der Waals surface area contributed by atoms with Crippen molar-refractivity contribution in [1.82, 2.24) is 0 Å². The molecule has 0 aromatic heterocycles. The molecule has 0 spiro atoms. The van der Waals surface area contributed by atoms with Crippen LogP contribution < -0.4 is 9.47 Å². The van der Waals surface area contributed by atoms with Crippen LogP contribution in [-0.4, -0.2) is 19.9 Å². The number of rotatable bonds is 6. The Bertz CT molecular complexity index is 699. The molecule has 2 aromatic rings. The summed E-state index contributed by atoms with van der Waals surface area (Å²) in [5.74, 6) is 0.488. The molecule has 0 aliphatic heterocycles. The highest BCUT2D eigenvalue weighted by molar-refractivity contribution is 5.83. The van der Waals surface area contributed by atoms with Gasteiger partial charge in [0.05, 0.1) is 13.7 Å². The maximum Gasteiger partial charge on any atom is 0.161 e. The van der Waals surface area contributed by atoms with Gasteiger partial charge in [0.2, 0.25) is 0 Å². The molecule has 0 saturated carbocycles. The quantitative estimate of drug-likeness (QED) is 0.719. The highest BCUT2D eigenvalue weighted by Crippen LogP contribution is 2.28. The second-order valence-electron chi connectivity index (χ2n) is 5.47. The monoisotopic (exact) mass is 319 g/mol. The summed E-state index contributed by atoms with van der Waals surface area (Å²) in [5.41, 5.74) is 0.645. The van der Waals surface area contributed by atoms with E-state index in [2.05, 4.69) is 18.8 Å². The van der Waals surface area contributed by atoms with Crippen molar-refractivity contribution in [3.63, 3.8) is 0 Å². The van der Waals surface area contributed by atoms with Gasteiger partial charge < -0.3 is 9.47 Å². The number of hydrogen-bond donors (Lipinski definition) is 0. The van der Waals surface area contributed by atoms with Crippen LogP contribution >= 0.6 is 0 Å². The molecule has 2 aromatic carbocycles. The van der Waals surface area contributed by atoms with Gasteiger partial charge in [-0.25, -0.2) is 8.78 Å². The zero-order chi connectivity index (χ0) is 16.8. The number of ether oxygens (including phenoxy) is 2. The van der Waals surface area contributed by atoms with Gasteiger partial charge in [0, 0.05) is 12.3 Å². The molecule has 0 radical (unpaired) electrons. The summed E-state index contributed by atoms with van der Waals surface area (Å²) in [7, 11) is 1.55. The number of aliphatic imine (C=N–C) groups is 1. The summed E-state index contributed by atoms with van der Waals surface area (Å²) >= 11 is 0. The predicted octanol–water partition coefficient (Wildman–Crippen LogP) is 4.76. The Morgan fingerprint density at radius 2 is 1.87 bits per heavy atom. The van der Waals surface area contributed by atoms with E-state index in [-0.39, 0.29) is 5.69 Å². The Kier molecular flexibility index (Phi) is 5.68. The lowest BCUT2D eigenvalue weighted by atomic mass is 10.2. The molecule has 0 N–H and O–H groups in total. The van der Waals surface area contributed by atoms with Crippen molar-refractivity contribution in [2.75, 3.05) is 13.7 Å². The zero-order valence-corrected chi connectivity index (χ0v) is 13.3. The van der Waals surface area contributed by atoms with Gasteiger partial charge in [0.15, 0.2) is 11.5 Å². The molecule has 3 nitrogen and oxygen atoms in total. The minimum absolute atomic E-state index is 0.0518. The number of methoxy groups -OCH3 is 1. The first-order valence-electron chi connectivity index (χ1n) is 7.29. The average Bonchev–Trinajstić information content (AvgIpc) is 2.54. The topological polar surface area (TPSA) is 30.8 Å². The highest BCUT2D eigenvalue weighted by atomic mass is 19.1. The molecule has 122 valence electrons. The van der Waals surface area contributed by atoms with Crippen LogP contribution in [0.1, 0.15) is 19.4 Å². The van der Waals surface area contributed by atoms with E-state index >= 15 is 0 Å². The Hall–Kier alpha value is -2.43. The molecule has 0 heterocycles. The van der Waals surface area contributed by atoms with Crippen LogP contribution in [0, 0.1) is 17.6 Å². The molecule has 23 heavy (non-hydrogen) atoms. The molecule has 0 fully saturated rings. The molecule has 0 amide bonds. The Morgan fingerprint density at radius 1 is 1.09 bits per heavy atom. The van der Waals surface area contributed by atoms with E-state index in [1.807, 2.05) is 0 Å². The first-order valence-corrected chi connectivity index (χ1v) is 7.29. The molecule has 0 saturated heterocycles. The van der Waals surface area contributed by atoms with Crippen LogP contribution in [0.25, 0.3) is 0 Å². The van der Waals surface area contributed by atoms with Crippen molar-refractivity contribution in [2.45, 2.75) is 13.8 Å². The summed E-state index contributed by atoms with van der Waals surface area (Å²) in [6.07, 6.45) is 1.45. The van der Waals surface area contributed by atoms with E-state index in [9.17, 15) is 8.78 Å². The van der Waals surface area contributed by atoms with Gasteiger partial charge in [-0.05, 0) is 41.8 Å². The van der Waals surface area contributed by atoms with Crippen LogP contribution in [0.5, 0.6) is 11.5 Å². The van der Waals surface area contributed by atoms with Crippen molar-refractivity contribution in [2.24, 2.45) is 10.9 Å².